The van der Waals surface area contributed by atoms with Gasteiger partial charge in [0.15, 0.2) is 0 Å². The summed E-state index contributed by atoms with van der Waals surface area (Å²) in [4.78, 5) is 14.0. The number of aromatic nitrogens is 2. The third kappa shape index (κ3) is 3.57. The fraction of sp³-hybridized carbons (Fsp3) is 0.542. The number of nitrogens with zero attached hydrogens (tertiary/aromatic N) is 5. The molecule has 1 aromatic carbocycles. The second-order valence-electron chi connectivity index (χ2n) is 8.87. The summed E-state index contributed by atoms with van der Waals surface area (Å²) >= 11 is 0. The molecule has 0 N–H and O–H groups in total. The molecule has 0 aliphatic carbocycles. The van der Waals surface area contributed by atoms with Crippen LogP contribution < -0.4 is 9.80 Å². The summed E-state index contributed by atoms with van der Waals surface area (Å²) in [6.45, 7) is 11.9. The van der Waals surface area contributed by atoms with E-state index in [0.29, 0.717) is 11.5 Å². The highest BCUT2D eigenvalue weighted by Crippen LogP contribution is 2.46. The Labute approximate surface area is 174 Å². The molecule has 5 nitrogen and oxygen atoms in total. The third-order valence-electron chi connectivity index (χ3n) is 7.15. The molecule has 1 atom stereocenters. The number of nitriles is 1. The van der Waals surface area contributed by atoms with E-state index in [1.165, 1.54) is 30.5 Å². The van der Waals surface area contributed by atoms with Crippen LogP contribution in [0.25, 0.3) is 0 Å². The maximum Gasteiger partial charge on any atom is 0.128 e. The van der Waals surface area contributed by atoms with E-state index in [9.17, 15) is 5.26 Å². The summed E-state index contributed by atoms with van der Waals surface area (Å²) in [6.07, 6.45) is 8.50. The lowest BCUT2D eigenvalue weighted by molar-refractivity contribution is 0.245. The van der Waals surface area contributed by atoms with Gasteiger partial charge in [-0.2, -0.15) is 5.26 Å². The molecule has 29 heavy (non-hydrogen) atoms. The normalized spacial score (nSPS) is 20.9. The largest absolute Gasteiger partial charge is 0.369 e. The Bertz CT molecular complexity index is 920. The Kier molecular flexibility index (Phi) is 5.21. The fourth-order valence-corrected chi connectivity index (χ4v) is 5.18. The smallest absolute Gasteiger partial charge is 0.128 e. The van der Waals surface area contributed by atoms with Crippen molar-refractivity contribution in [1.29, 1.82) is 5.26 Å². The lowest BCUT2D eigenvalue weighted by atomic mass is 9.76. The van der Waals surface area contributed by atoms with E-state index < -0.39 is 0 Å². The lowest BCUT2D eigenvalue weighted by Gasteiger charge is -2.40. The van der Waals surface area contributed by atoms with Crippen molar-refractivity contribution in [2.24, 2.45) is 5.41 Å². The van der Waals surface area contributed by atoms with Gasteiger partial charge in [-0.1, -0.05) is 6.92 Å². The quantitative estimate of drug-likeness (QED) is 0.778. The van der Waals surface area contributed by atoms with Gasteiger partial charge in [0.2, 0.25) is 0 Å². The molecule has 152 valence electrons. The van der Waals surface area contributed by atoms with Crippen LogP contribution in [-0.4, -0.2) is 35.6 Å². The van der Waals surface area contributed by atoms with Crippen LogP contribution in [0.1, 0.15) is 55.6 Å². The molecular formula is C24H31N5. The second kappa shape index (κ2) is 7.67. The average Bonchev–Trinajstić information content (AvgIpc) is 3.06. The Morgan fingerprint density at radius 1 is 1.14 bits per heavy atom. The van der Waals surface area contributed by atoms with Crippen molar-refractivity contribution in [3.8, 4) is 6.07 Å². The molecule has 0 saturated carbocycles. The first kappa shape index (κ1) is 19.7. The van der Waals surface area contributed by atoms with E-state index in [4.69, 9.17) is 0 Å². The van der Waals surface area contributed by atoms with Crippen molar-refractivity contribution >= 4 is 11.4 Å². The van der Waals surface area contributed by atoms with E-state index in [0.717, 1.165) is 48.7 Å². The first-order valence-corrected chi connectivity index (χ1v) is 10.8. The Morgan fingerprint density at radius 3 is 2.45 bits per heavy atom. The standard InChI is InChI=1S/C24H31N5/c1-5-23-26-14-21(15-27-23)28-10-8-24(9-11-28)12-17(2)29(16-24)22-7-6-20(13-25)18(3)19(22)4/h6-7,14-15,17H,5,8-12,16H2,1-4H3. The SMILES string of the molecule is CCc1ncc(N2CCC3(CC2)CC(C)N(c2ccc(C#N)c(C)c2C)C3)cn1. The molecule has 4 rings (SSSR count). The minimum absolute atomic E-state index is 0.383. The van der Waals surface area contributed by atoms with Crippen molar-refractivity contribution in [2.75, 3.05) is 29.4 Å². The molecule has 5 heteroatoms. The van der Waals surface area contributed by atoms with Gasteiger partial charge < -0.3 is 9.80 Å². The zero-order valence-electron chi connectivity index (χ0n) is 18.1. The van der Waals surface area contributed by atoms with Crippen molar-refractivity contribution in [3.63, 3.8) is 0 Å². The summed E-state index contributed by atoms with van der Waals surface area (Å²) < 4.78 is 0. The molecule has 1 aromatic heterocycles. The maximum atomic E-state index is 9.32. The average molecular weight is 390 g/mol. The van der Waals surface area contributed by atoms with E-state index in [2.05, 4.69) is 59.6 Å². The predicted molar refractivity (Wildman–Crippen MR) is 117 cm³/mol. The van der Waals surface area contributed by atoms with Crippen molar-refractivity contribution < 1.29 is 0 Å². The summed E-state index contributed by atoms with van der Waals surface area (Å²) in [7, 11) is 0. The highest BCUT2D eigenvalue weighted by Gasteiger charge is 2.44. The molecule has 3 heterocycles. The molecule has 1 spiro atoms. The summed E-state index contributed by atoms with van der Waals surface area (Å²) in [5.74, 6) is 0.913. The topological polar surface area (TPSA) is 56.1 Å². The van der Waals surface area contributed by atoms with Crippen LogP contribution in [0.4, 0.5) is 11.4 Å². The van der Waals surface area contributed by atoms with Crippen molar-refractivity contribution in [2.45, 2.75) is 59.4 Å². The van der Waals surface area contributed by atoms with E-state index in [1.807, 2.05) is 18.5 Å². The first-order valence-electron chi connectivity index (χ1n) is 10.8. The molecule has 0 radical (unpaired) electrons. The highest BCUT2D eigenvalue weighted by atomic mass is 15.2. The van der Waals surface area contributed by atoms with Gasteiger partial charge in [-0.15, -0.1) is 0 Å². The van der Waals surface area contributed by atoms with Gasteiger partial charge in [-0.05, 0) is 68.7 Å². The molecular weight excluding hydrogens is 358 g/mol. The Hall–Kier alpha value is -2.61. The van der Waals surface area contributed by atoms with Gasteiger partial charge in [0, 0.05) is 37.8 Å². The van der Waals surface area contributed by atoms with Gasteiger partial charge in [-0.25, -0.2) is 9.97 Å². The monoisotopic (exact) mass is 389 g/mol. The zero-order valence-corrected chi connectivity index (χ0v) is 18.1. The Morgan fingerprint density at radius 2 is 1.83 bits per heavy atom. The lowest BCUT2D eigenvalue weighted by Crippen LogP contribution is -2.41. The molecule has 1 unspecified atom stereocenters. The first-order chi connectivity index (χ1) is 14.0. The van der Waals surface area contributed by atoms with Crippen molar-refractivity contribution in [3.05, 3.63) is 47.0 Å². The number of piperidine rings is 1. The van der Waals surface area contributed by atoms with E-state index in [1.54, 1.807) is 0 Å². The van der Waals surface area contributed by atoms with E-state index >= 15 is 0 Å². The molecule has 2 fully saturated rings. The number of benzene rings is 1. The minimum Gasteiger partial charge on any atom is -0.369 e. The molecule has 2 aliphatic heterocycles. The molecule has 0 bridgehead atoms. The van der Waals surface area contributed by atoms with Crippen molar-refractivity contribution in [1.82, 2.24) is 9.97 Å². The molecule has 2 saturated heterocycles. The number of aryl methyl sites for hydroxylation is 1. The minimum atomic E-state index is 0.383. The van der Waals surface area contributed by atoms with Crippen LogP contribution in [-0.2, 0) is 6.42 Å². The van der Waals surface area contributed by atoms with Crippen LogP contribution in [0.15, 0.2) is 24.5 Å². The maximum absolute atomic E-state index is 9.32. The van der Waals surface area contributed by atoms with Crippen LogP contribution in [0, 0.1) is 30.6 Å². The zero-order chi connectivity index (χ0) is 20.6. The fourth-order valence-electron chi connectivity index (χ4n) is 5.18. The molecule has 0 amide bonds. The third-order valence-corrected chi connectivity index (χ3v) is 7.15. The van der Waals surface area contributed by atoms with E-state index in [-0.39, 0.29) is 0 Å². The van der Waals surface area contributed by atoms with Gasteiger partial charge in [0.25, 0.3) is 0 Å². The Balaban J connectivity index is 1.48. The predicted octanol–water partition coefficient (Wildman–Crippen LogP) is 4.41. The molecule has 2 aromatic rings. The summed E-state index contributed by atoms with van der Waals surface area (Å²) in [5, 5.41) is 9.32. The summed E-state index contributed by atoms with van der Waals surface area (Å²) in [6, 6.07) is 6.98. The van der Waals surface area contributed by atoms with Crippen LogP contribution in [0.5, 0.6) is 0 Å². The van der Waals surface area contributed by atoms with Crippen LogP contribution in [0.3, 0.4) is 0 Å². The highest BCUT2D eigenvalue weighted by molar-refractivity contribution is 5.61. The number of hydrogen-bond acceptors (Lipinski definition) is 5. The summed E-state index contributed by atoms with van der Waals surface area (Å²) in [5.41, 5.74) is 5.99. The second-order valence-corrected chi connectivity index (χ2v) is 8.87. The number of rotatable bonds is 3. The number of anilines is 2. The van der Waals surface area contributed by atoms with Crippen LogP contribution in [0.2, 0.25) is 0 Å². The van der Waals surface area contributed by atoms with Gasteiger partial charge in [0.05, 0.1) is 29.7 Å². The molecule has 2 aliphatic rings. The van der Waals surface area contributed by atoms with Gasteiger partial charge in [-0.3, -0.25) is 0 Å². The van der Waals surface area contributed by atoms with Gasteiger partial charge >= 0.3 is 0 Å². The van der Waals surface area contributed by atoms with Crippen LogP contribution >= 0.6 is 0 Å². The van der Waals surface area contributed by atoms with Gasteiger partial charge in [0.1, 0.15) is 5.82 Å². The number of hydrogen-bond donors (Lipinski definition) is 0.